The van der Waals surface area contributed by atoms with Gasteiger partial charge in [-0.25, -0.2) is 9.59 Å². The van der Waals surface area contributed by atoms with E-state index in [2.05, 4.69) is 4.99 Å². The molecule has 6 nitrogen and oxygen atoms in total. The number of nitrogens with zero attached hydrogens (tertiary/aromatic N) is 2. The third-order valence-corrected chi connectivity index (χ3v) is 1.54. The number of carboxylic acids is 2. The SMILES string of the molecule is O=C(O)C(C(=O)O)N1C=CN=CC1. The quantitative estimate of drug-likeness (QED) is 0.570. The Morgan fingerprint density at radius 3 is 2.38 bits per heavy atom. The van der Waals surface area contributed by atoms with Crippen LogP contribution in [0.3, 0.4) is 0 Å². The molecule has 0 saturated carbocycles. The lowest BCUT2D eigenvalue weighted by atomic mass is 10.2. The van der Waals surface area contributed by atoms with Crippen LogP contribution in [0.5, 0.6) is 0 Å². The van der Waals surface area contributed by atoms with Gasteiger partial charge in [0.1, 0.15) is 0 Å². The first-order chi connectivity index (χ1) is 6.13. The molecule has 0 fully saturated rings. The fourth-order valence-electron chi connectivity index (χ4n) is 0.968. The molecule has 0 amide bonds. The molecule has 0 radical (unpaired) electrons. The Balaban J connectivity index is 2.76. The number of aliphatic imine (C=N–C) groups is 1. The molecule has 0 aromatic rings. The lowest BCUT2D eigenvalue weighted by Gasteiger charge is -2.23. The van der Waals surface area contributed by atoms with Gasteiger partial charge in [0.2, 0.25) is 6.04 Å². The molecule has 2 N–H and O–H groups in total. The summed E-state index contributed by atoms with van der Waals surface area (Å²) in [7, 11) is 0. The predicted octanol–water partition coefficient (Wildman–Crippen LogP) is -0.618. The zero-order chi connectivity index (χ0) is 9.84. The van der Waals surface area contributed by atoms with Gasteiger partial charge in [-0.3, -0.25) is 4.99 Å². The fraction of sp³-hybridized carbons (Fsp3) is 0.286. The van der Waals surface area contributed by atoms with Crippen molar-refractivity contribution in [2.45, 2.75) is 6.04 Å². The van der Waals surface area contributed by atoms with Crippen molar-refractivity contribution < 1.29 is 19.8 Å². The van der Waals surface area contributed by atoms with E-state index in [9.17, 15) is 9.59 Å². The second-order valence-electron chi connectivity index (χ2n) is 2.41. The molecule has 0 aromatic carbocycles. The van der Waals surface area contributed by atoms with Crippen LogP contribution in [0.15, 0.2) is 17.4 Å². The topological polar surface area (TPSA) is 90.2 Å². The molecule has 1 aliphatic heterocycles. The summed E-state index contributed by atoms with van der Waals surface area (Å²) in [5.41, 5.74) is 0. The van der Waals surface area contributed by atoms with Crippen LogP contribution in [-0.2, 0) is 9.59 Å². The summed E-state index contributed by atoms with van der Waals surface area (Å²) in [4.78, 5) is 26.0. The molecule has 0 atom stereocenters. The second kappa shape index (κ2) is 3.70. The zero-order valence-corrected chi connectivity index (χ0v) is 6.62. The molecule has 0 aliphatic carbocycles. The van der Waals surface area contributed by atoms with Crippen LogP contribution < -0.4 is 0 Å². The first kappa shape index (κ1) is 9.24. The zero-order valence-electron chi connectivity index (χ0n) is 6.62. The van der Waals surface area contributed by atoms with E-state index in [4.69, 9.17) is 10.2 Å². The van der Waals surface area contributed by atoms with Crippen molar-refractivity contribution in [1.29, 1.82) is 0 Å². The van der Waals surface area contributed by atoms with Crippen LogP contribution in [0.4, 0.5) is 0 Å². The first-order valence-corrected chi connectivity index (χ1v) is 3.52. The lowest BCUT2D eigenvalue weighted by Crippen LogP contribution is -2.45. The molecule has 6 heteroatoms. The summed E-state index contributed by atoms with van der Waals surface area (Å²) in [6.07, 6.45) is 4.13. The van der Waals surface area contributed by atoms with Crippen molar-refractivity contribution in [3.05, 3.63) is 12.4 Å². The van der Waals surface area contributed by atoms with E-state index in [0.717, 1.165) is 0 Å². The Kier molecular flexibility index (Phi) is 2.63. The third kappa shape index (κ3) is 2.05. The Bertz CT molecular complexity index is 270. The van der Waals surface area contributed by atoms with Gasteiger partial charge in [0.05, 0.1) is 6.54 Å². The van der Waals surface area contributed by atoms with Crippen molar-refractivity contribution in [3.8, 4) is 0 Å². The van der Waals surface area contributed by atoms with Crippen LogP contribution in [-0.4, -0.2) is 45.9 Å². The number of carboxylic acid groups (broad SMARTS) is 2. The van der Waals surface area contributed by atoms with E-state index < -0.39 is 18.0 Å². The van der Waals surface area contributed by atoms with Crippen LogP contribution in [0, 0.1) is 0 Å². The van der Waals surface area contributed by atoms with Gasteiger partial charge in [-0.1, -0.05) is 0 Å². The summed E-state index contributed by atoms with van der Waals surface area (Å²) in [6.45, 7) is 0.194. The average Bonchev–Trinajstić information content (AvgIpc) is 2.04. The van der Waals surface area contributed by atoms with Crippen LogP contribution >= 0.6 is 0 Å². The molecule has 13 heavy (non-hydrogen) atoms. The molecule has 0 aromatic heterocycles. The molecule has 1 heterocycles. The van der Waals surface area contributed by atoms with Gasteiger partial charge in [-0.15, -0.1) is 0 Å². The largest absolute Gasteiger partial charge is 0.479 e. The van der Waals surface area contributed by atoms with Gasteiger partial charge in [-0.05, 0) is 0 Å². The van der Waals surface area contributed by atoms with Crippen molar-refractivity contribution in [1.82, 2.24) is 4.90 Å². The molecule has 0 spiro atoms. The van der Waals surface area contributed by atoms with E-state index in [1.807, 2.05) is 0 Å². The highest BCUT2D eigenvalue weighted by Gasteiger charge is 2.30. The maximum absolute atomic E-state index is 10.5. The summed E-state index contributed by atoms with van der Waals surface area (Å²) < 4.78 is 0. The summed E-state index contributed by atoms with van der Waals surface area (Å²) in [5, 5.41) is 17.2. The van der Waals surface area contributed by atoms with Crippen LogP contribution in [0.1, 0.15) is 0 Å². The first-order valence-electron chi connectivity index (χ1n) is 3.52. The number of hydrogen-bond acceptors (Lipinski definition) is 4. The van der Waals surface area contributed by atoms with Gasteiger partial charge in [0, 0.05) is 18.6 Å². The number of aliphatic carboxylic acids is 2. The molecular weight excluding hydrogens is 176 g/mol. The summed E-state index contributed by atoms with van der Waals surface area (Å²) in [5.74, 6) is -2.76. The third-order valence-electron chi connectivity index (χ3n) is 1.54. The number of hydrogen-bond donors (Lipinski definition) is 2. The van der Waals surface area contributed by atoms with Gasteiger partial charge >= 0.3 is 11.9 Å². The van der Waals surface area contributed by atoms with Crippen molar-refractivity contribution in [2.24, 2.45) is 4.99 Å². The maximum Gasteiger partial charge on any atom is 0.338 e. The molecule has 70 valence electrons. The van der Waals surface area contributed by atoms with Gasteiger partial charge < -0.3 is 15.1 Å². The van der Waals surface area contributed by atoms with Crippen molar-refractivity contribution >= 4 is 18.2 Å². The van der Waals surface area contributed by atoms with E-state index in [1.54, 1.807) is 0 Å². The highest BCUT2D eigenvalue weighted by molar-refractivity contribution is 5.97. The Morgan fingerprint density at radius 1 is 1.38 bits per heavy atom. The summed E-state index contributed by atoms with van der Waals surface area (Å²) >= 11 is 0. The smallest absolute Gasteiger partial charge is 0.338 e. The van der Waals surface area contributed by atoms with Crippen LogP contribution in [0.2, 0.25) is 0 Å². The number of carbonyl (C=O) groups is 2. The van der Waals surface area contributed by atoms with Gasteiger partial charge in [0.15, 0.2) is 0 Å². The fourth-order valence-corrected chi connectivity index (χ4v) is 0.968. The molecule has 0 saturated heterocycles. The average molecular weight is 184 g/mol. The minimum Gasteiger partial charge on any atom is -0.479 e. The highest BCUT2D eigenvalue weighted by atomic mass is 16.4. The summed E-state index contributed by atoms with van der Waals surface area (Å²) in [6, 6.07) is -1.54. The van der Waals surface area contributed by atoms with E-state index in [0.29, 0.717) is 0 Å². The van der Waals surface area contributed by atoms with E-state index >= 15 is 0 Å². The van der Waals surface area contributed by atoms with E-state index in [1.165, 1.54) is 23.5 Å². The van der Waals surface area contributed by atoms with Crippen molar-refractivity contribution in [3.63, 3.8) is 0 Å². The molecule has 1 aliphatic rings. The predicted molar refractivity (Wildman–Crippen MR) is 43.4 cm³/mol. The van der Waals surface area contributed by atoms with E-state index in [-0.39, 0.29) is 6.54 Å². The Hall–Kier alpha value is -1.85. The molecule has 1 rings (SSSR count). The molecule has 0 bridgehead atoms. The minimum atomic E-state index is -1.54. The second-order valence-corrected chi connectivity index (χ2v) is 2.41. The number of rotatable bonds is 3. The molecular formula is C7H8N2O4. The van der Waals surface area contributed by atoms with Gasteiger partial charge in [0.25, 0.3) is 0 Å². The minimum absolute atomic E-state index is 0.194. The lowest BCUT2D eigenvalue weighted by molar-refractivity contribution is -0.154. The Labute approximate surface area is 73.8 Å². The van der Waals surface area contributed by atoms with Crippen LogP contribution in [0.25, 0.3) is 0 Å². The normalized spacial score (nSPS) is 15.0. The standard InChI is InChI=1S/C7H8N2O4/c10-6(11)5(7(12)13)9-3-1-8-2-4-9/h1-3,5H,4H2,(H,10,11)(H,12,13). The molecule has 0 unspecified atom stereocenters. The maximum atomic E-state index is 10.5. The monoisotopic (exact) mass is 184 g/mol. The Morgan fingerprint density at radius 2 is 2.00 bits per heavy atom. The van der Waals surface area contributed by atoms with Crippen molar-refractivity contribution in [2.75, 3.05) is 6.54 Å². The van der Waals surface area contributed by atoms with Gasteiger partial charge in [-0.2, -0.15) is 0 Å². The highest BCUT2D eigenvalue weighted by Crippen LogP contribution is 2.03.